The summed E-state index contributed by atoms with van der Waals surface area (Å²) in [5.74, 6) is 0. The van der Waals surface area contributed by atoms with Crippen LogP contribution in [0.5, 0.6) is 0 Å². The van der Waals surface area contributed by atoms with Gasteiger partial charge in [-0.05, 0) is 0 Å². The molecule has 0 fully saturated rings. The molecule has 0 nitrogen and oxygen atoms in total. The third-order valence-electron chi connectivity index (χ3n) is 0.879. The summed E-state index contributed by atoms with van der Waals surface area (Å²) in [5.41, 5.74) is 0. The van der Waals surface area contributed by atoms with Gasteiger partial charge in [0.2, 0.25) is 0 Å². The van der Waals surface area contributed by atoms with E-state index in [0.717, 1.165) is 4.90 Å². The van der Waals surface area contributed by atoms with Gasteiger partial charge >= 0.3 is 65.9 Å². The third-order valence-corrected chi connectivity index (χ3v) is 4.08. The normalized spacial score (nSPS) is 9.88. The molecule has 0 amide bonds. The van der Waals surface area contributed by atoms with Crippen molar-refractivity contribution in [2.75, 3.05) is 0 Å². The fourth-order valence-electron chi connectivity index (χ4n) is 0.457. The molecule has 0 saturated carbocycles. The van der Waals surface area contributed by atoms with Gasteiger partial charge in [-0.3, -0.25) is 0 Å². The van der Waals surface area contributed by atoms with E-state index < -0.39 is 0 Å². The van der Waals surface area contributed by atoms with Crippen LogP contribution in [-0.4, -0.2) is 14.5 Å². The van der Waals surface area contributed by atoms with Gasteiger partial charge < -0.3 is 0 Å². The summed E-state index contributed by atoms with van der Waals surface area (Å²) < 4.78 is 2.56. The number of thiol groups is 2. The molecule has 1 aromatic rings. The Morgan fingerprint density at radius 2 is 2.12 bits per heavy atom. The first-order valence-corrected chi connectivity index (χ1v) is 4.79. The van der Waals surface area contributed by atoms with E-state index in [0.29, 0.717) is 14.5 Å². The zero-order valence-corrected chi connectivity index (χ0v) is 7.88. The van der Waals surface area contributed by atoms with Gasteiger partial charge in [0.15, 0.2) is 0 Å². The third kappa shape index (κ3) is 1.35. The van der Waals surface area contributed by atoms with Crippen LogP contribution >= 0.6 is 25.3 Å². The van der Waals surface area contributed by atoms with Crippen molar-refractivity contribution in [2.45, 2.75) is 15.6 Å². The van der Waals surface area contributed by atoms with E-state index in [9.17, 15) is 0 Å². The van der Waals surface area contributed by atoms with Crippen LogP contribution in [0.2, 0.25) is 0 Å². The fraction of sp³-hybridized carbons (Fsp3) is 0.200. The topological polar surface area (TPSA) is 0 Å². The van der Waals surface area contributed by atoms with Gasteiger partial charge in [-0.2, -0.15) is 0 Å². The maximum absolute atomic E-state index is 4.22. The van der Waals surface area contributed by atoms with E-state index >= 15 is 0 Å². The molecule has 0 bridgehead atoms. The average molecular weight is 209 g/mol. The Kier molecular flexibility index (Phi) is 2.15. The summed E-state index contributed by atoms with van der Waals surface area (Å²) in [6.45, 7) is 2.10. The second-order valence-electron chi connectivity index (χ2n) is 1.53. The predicted molar refractivity (Wildman–Crippen MR) is 42.6 cm³/mol. The maximum atomic E-state index is 4.22. The molecule has 3 heteroatoms. The van der Waals surface area contributed by atoms with Crippen LogP contribution in [0.1, 0.15) is 4.44 Å². The first-order chi connectivity index (χ1) is 3.70. The van der Waals surface area contributed by atoms with Crippen molar-refractivity contribution in [3.8, 4) is 0 Å². The Hall–Kier alpha value is 0.699. The Bertz CT molecular complexity index is 173. The van der Waals surface area contributed by atoms with Gasteiger partial charge in [-0.25, -0.2) is 0 Å². The number of hydrogen-bond acceptors (Lipinski definition) is 2. The molecule has 0 spiro atoms. The van der Waals surface area contributed by atoms with E-state index in [2.05, 4.69) is 32.2 Å². The van der Waals surface area contributed by atoms with E-state index in [-0.39, 0.29) is 0 Å². The summed E-state index contributed by atoms with van der Waals surface area (Å²) in [6, 6.07) is 2.02. The number of hydrogen-bond donors (Lipinski definition) is 2. The minimum atomic E-state index is 0.486. The summed E-state index contributed by atoms with van der Waals surface area (Å²) in [4.78, 5) is 1.11. The fourth-order valence-corrected chi connectivity index (χ4v) is 3.33. The second-order valence-corrected chi connectivity index (χ2v) is 5.81. The van der Waals surface area contributed by atoms with Crippen LogP contribution in [0.25, 0.3) is 0 Å². The van der Waals surface area contributed by atoms with Crippen LogP contribution in [0.4, 0.5) is 0 Å². The van der Waals surface area contributed by atoms with Crippen molar-refractivity contribution in [3.63, 3.8) is 0 Å². The number of aryl methyl sites for hydroxylation is 1. The first-order valence-electron chi connectivity index (χ1n) is 2.18. The Morgan fingerprint density at radius 3 is 2.25 bits per heavy atom. The molecule has 0 aliphatic heterocycles. The van der Waals surface area contributed by atoms with Crippen molar-refractivity contribution >= 4 is 39.8 Å². The molecular formula is C5H6S2Se. The van der Waals surface area contributed by atoms with E-state index in [1.165, 1.54) is 8.21 Å². The molecule has 0 saturated heterocycles. The van der Waals surface area contributed by atoms with E-state index in [1.54, 1.807) is 0 Å². The van der Waals surface area contributed by atoms with Gasteiger partial charge in [0.25, 0.3) is 0 Å². The van der Waals surface area contributed by atoms with Crippen LogP contribution in [0.3, 0.4) is 0 Å². The summed E-state index contributed by atoms with van der Waals surface area (Å²) in [7, 11) is 0. The van der Waals surface area contributed by atoms with Gasteiger partial charge in [-0.1, -0.05) is 0 Å². The molecule has 0 N–H and O–H groups in total. The van der Waals surface area contributed by atoms with Crippen molar-refractivity contribution < 1.29 is 0 Å². The standard InChI is InChI=1S/C5H6S2Se/c1-3-4(6)2-5(7)8-3/h2,6-7H,1H3. The minimum absolute atomic E-state index is 0.486. The molecule has 1 rings (SSSR count). The average Bonchev–Trinajstić information content (AvgIpc) is 1.85. The van der Waals surface area contributed by atoms with E-state index in [4.69, 9.17) is 0 Å². The Labute approximate surface area is 65.9 Å². The van der Waals surface area contributed by atoms with Crippen molar-refractivity contribution in [2.24, 2.45) is 0 Å². The molecular weight excluding hydrogens is 203 g/mol. The van der Waals surface area contributed by atoms with Crippen LogP contribution < -0.4 is 0 Å². The van der Waals surface area contributed by atoms with Gasteiger partial charge in [0.1, 0.15) is 0 Å². The molecule has 0 aliphatic carbocycles. The summed E-state index contributed by atoms with van der Waals surface area (Å²) >= 11 is 8.91. The monoisotopic (exact) mass is 210 g/mol. The van der Waals surface area contributed by atoms with Crippen molar-refractivity contribution in [1.82, 2.24) is 0 Å². The molecule has 0 aliphatic rings. The molecule has 1 heterocycles. The molecule has 8 heavy (non-hydrogen) atoms. The number of rotatable bonds is 0. The van der Waals surface area contributed by atoms with Crippen LogP contribution in [0.15, 0.2) is 14.7 Å². The van der Waals surface area contributed by atoms with Gasteiger partial charge in [0, 0.05) is 0 Å². The molecule has 44 valence electrons. The quantitative estimate of drug-likeness (QED) is 0.471. The molecule has 0 unspecified atom stereocenters. The van der Waals surface area contributed by atoms with Crippen LogP contribution in [-0.2, 0) is 0 Å². The van der Waals surface area contributed by atoms with Gasteiger partial charge in [-0.15, -0.1) is 0 Å². The Morgan fingerprint density at radius 1 is 1.50 bits per heavy atom. The van der Waals surface area contributed by atoms with Crippen molar-refractivity contribution in [3.05, 3.63) is 10.5 Å². The molecule has 0 atom stereocenters. The second kappa shape index (κ2) is 2.52. The first kappa shape index (κ1) is 6.81. The summed E-state index contributed by atoms with van der Waals surface area (Å²) in [5, 5.41) is 0. The van der Waals surface area contributed by atoms with E-state index in [1.807, 2.05) is 6.07 Å². The predicted octanol–water partition coefficient (Wildman–Crippen LogP) is 1.63. The molecule has 1 aromatic heterocycles. The molecule has 0 radical (unpaired) electrons. The van der Waals surface area contributed by atoms with Crippen LogP contribution in [0, 0.1) is 6.92 Å². The Balaban J connectivity index is 3.14. The molecule has 0 aromatic carbocycles. The SMILES string of the molecule is Cc1[se]c(S)cc1S. The summed E-state index contributed by atoms with van der Waals surface area (Å²) in [6.07, 6.45) is 0. The van der Waals surface area contributed by atoms with Crippen molar-refractivity contribution in [1.29, 1.82) is 0 Å². The zero-order chi connectivity index (χ0) is 6.15. The van der Waals surface area contributed by atoms with Gasteiger partial charge in [0.05, 0.1) is 0 Å². The zero-order valence-electron chi connectivity index (χ0n) is 4.38.